The third-order valence-corrected chi connectivity index (χ3v) is 7.09. The largest absolute Gasteiger partial charge is 0.417 e. The van der Waals surface area contributed by atoms with Crippen molar-refractivity contribution in [3.8, 4) is 0 Å². The lowest BCUT2D eigenvalue weighted by atomic mass is 9.75. The van der Waals surface area contributed by atoms with E-state index in [0.29, 0.717) is 11.8 Å². The Labute approximate surface area is 175 Å². The normalized spacial score (nSPS) is 18.7. The SMILES string of the molecule is CCC(CC)(CC)CCCCCCCCCOC(C(F)(F)F)C1(F)CCNCC1. The van der Waals surface area contributed by atoms with Crippen LogP contribution < -0.4 is 5.32 Å². The van der Waals surface area contributed by atoms with E-state index in [-0.39, 0.29) is 32.5 Å². The van der Waals surface area contributed by atoms with Gasteiger partial charge in [-0.05, 0) is 44.2 Å². The summed E-state index contributed by atoms with van der Waals surface area (Å²) in [4.78, 5) is 0. The van der Waals surface area contributed by atoms with E-state index in [9.17, 15) is 17.6 Å². The number of nitrogens with one attached hydrogen (secondary N) is 1. The maximum atomic E-state index is 14.8. The van der Waals surface area contributed by atoms with Gasteiger partial charge in [-0.1, -0.05) is 78.6 Å². The molecule has 0 bridgehead atoms. The van der Waals surface area contributed by atoms with E-state index in [2.05, 4.69) is 26.1 Å². The van der Waals surface area contributed by atoms with Crippen LogP contribution in [0.25, 0.3) is 0 Å². The highest BCUT2D eigenvalue weighted by molar-refractivity contribution is 4.96. The number of hydrogen-bond acceptors (Lipinski definition) is 2. The Kier molecular flexibility index (Phi) is 12.1. The van der Waals surface area contributed by atoms with E-state index in [0.717, 1.165) is 19.3 Å². The molecular weight excluding hydrogens is 382 g/mol. The molecule has 1 heterocycles. The molecule has 0 aliphatic carbocycles. The average molecular weight is 426 g/mol. The molecule has 1 fully saturated rings. The van der Waals surface area contributed by atoms with E-state index in [1.807, 2.05) is 0 Å². The maximum Gasteiger partial charge on any atom is 0.417 e. The van der Waals surface area contributed by atoms with E-state index in [1.54, 1.807) is 0 Å². The first-order valence-corrected chi connectivity index (χ1v) is 11.8. The minimum Gasteiger partial charge on any atom is -0.365 e. The topological polar surface area (TPSA) is 21.3 Å². The Morgan fingerprint density at radius 3 is 1.79 bits per heavy atom. The van der Waals surface area contributed by atoms with Gasteiger partial charge >= 0.3 is 6.18 Å². The molecule has 1 aliphatic heterocycles. The van der Waals surface area contributed by atoms with E-state index < -0.39 is 17.9 Å². The zero-order valence-corrected chi connectivity index (χ0v) is 18.8. The quantitative estimate of drug-likeness (QED) is 0.218. The lowest BCUT2D eigenvalue weighted by Crippen LogP contribution is -2.54. The molecule has 1 atom stereocenters. The van der Waals surface area contributed by atoms with Crippen molar-refractivity contribution in [2.24, 2.45) is 5.41 Å². The highest BCUT2D eigenvalue weighted by Crippen LogP contribution is 2.39. The molecule has 0 amide bonds. The molecule has 29 heavy (non-hydrogen) atoms. The first-order valence-electron chi connectivity index (χ1n) is 11.8. The predicted molar refractivity (Wildman–Crippen MR) is 112 cm³/mol. The zero-order chi connectivity index (χ0) is 21.8. The number of ether oxygens (including phenoxy) is 1. The number of hydrogen-bond donors (Lipinski definition) is 1. The Morgan fingerprint density at radius 2 is 1.31 bits per heavy atom. The van der Waals surface area contributed by atoms with Crippen molar-refractivity contribution in [3.63, 3.8) is 0 Å². The van der Waals surface area contributed by atoms with Crippen LogP contribution in [0, 0.1) is 5.41 Å². The summed E-state index contributed by atoms with van der Waals surface area (Å²) in [5.41, 5.74) is -1.79. The minimum atomic E-state index is -4.66. The van der Waals surface area contributed by atoms with Gasteiger partial charge in [0.2, 0.25) is 0 Å². The molecule has 1 saturated heterocycles. The Hall–Kier alpha value is -0.360. The fourth-order valence-electron chi connectivity index (χ4n) is 4.61. The van der Waals surface area contributed by atoms with Crippen LogP contribution in [-0.4, -0.2) is 37.6 Å². The number of alkyl halides is 4. The monoisotopic (exact) mass is 425 g/mol. The summed E-state index contributed by atoms with van der Waals surface area (Å²) in [6.07, 6.45) is 4.98. The Morgan fingerprint density at radius 1 is 0.828 bits per heavy atom. The van der Waals surface area contributed by atoms with Gasteiger partial charge in [-0.15, -0.1) is 0 Å². The summed E-state index contributed by atoms with van der Waals surface area (Å²) in [5, 5.41) is 2.91. The van der Waals surface area contributed by atoms with Crippen molar-refractivity contribution >= 4 is 0 Å². The molecule has 0 aromatic rings. The van der Waals surface area contributed by atoms with Crippen LogP contribution >= 0.6 is 0 Å². The molecule has 0 aromatic carbocycles. The van der Waals surface area contributed by atoms with Gasteiger partial charge in [0, 0.05) is 6.61 Å². The fraction of sp³-hybridized carbons (Fsp3) is 1.00. The minimum absolute atomic E-state index is 0.0186. The first kappa shape index (κ1) is 26.7. The second-order valence-electron chi connectivity index (χ2n) is 8.86. The molecule has 0 radical (unpaired) electrons. The third kappa shape index (κ3) is 9.12. The summed E-state index contributed by atoms with van der Waals surface area (Å²) in [6.45, 7) is 7.37. The number of rotatable bonds is 15. The molecule has 0 aromatic heterocycles. The van der Waals surface area contributed by atoms with Crippen LogP contribution in [-0.2, 0) is 4.74 Å². The summed E-state index contributed by atoms with van der Waals surface area (Å²) in [7, 11) is 0. The highest BCUT2D eigenvalue weighted by Gasteiger charge is 2.55. The number of halogens is 4. The second-order valence-corrected chi connectivity index (χ2v) is 8.86. The lowest BCUT2D eigenvalue weighted by Gasteiger charge is -2.37. The lowest BCUT2D eigenvalue weighted by molar-refractivity contribution is -0.262. The Bertz CT molecular complexity index is 409. The average Bonchev–Trinajstić information content (AvgIpc) is 2.69. The van der Waals surface area contributed by atoms with E-state index in [4.69, 9.17) is 4.74 Å². The van der Waals surface area contributed by atoms with Crippen molar-refractivity contribution in [2.45, 2.75) is 122 Å². The predicted octanol–water partition coefficient (Wildman–Crippen LogP) is 7.36. The fourth-order valence-corrected chi connectivity index (χ4v) is 4.61. The van der Waals surface area contributed by atoms with Crippen LogP contribution in [0.5, 0.6) is 0 Å². The summed E-state index contributed by atoms with van der Waals surface area (Å²) in [5.74, 6) is 0. The van der Waals surface area contributed by atoms with Gasteiger partial charge in [-0.3, -0.25) is 0 Å². The first-order chi connectivity index (χ1) is 13.7. The van der Waals surface area contributed by atoms with Crippen molar-refractivity contribution in [1.29, 1.82) is 0 Å². The van der Waals surface area contributed by atoms with Gasteiger partial charge < -0.3 is 10.1 Å². The van der Waals surface area contributed by atoms with Crippen molar-refractivity contribution in [3.05, 3.63) is 0 Å². The van der Waals surface area contributed by atoms with Gasteiger partial charge in [0.05, 0.1) is 0 Å². The molecule has 1 aliphatic rings. The van der Waals surface area contributed by atoms with Crippen molar-refractivity contribution in [1.82, 2.24) is 5.32 Å². The van der Waals surface area contributed by atoms with Crippen molar-refractivity contribution < 1.29 is 22.3 Å². The number of unbranched alkanes of at least 4 members (excludes halogenated alkanes) is 6. The number of piperidine rings is 1. The molecule has 0 spiro atoms. The van der Waals surface area contributed by atoms with Gasteiger partial charge in [-0.2, -0.15) is 13.2 Å². The molecule has 1 rings (SSSR count). The van der Waals surface area contributed by atoms with Crippen molar-refractivity contribution in [2.75, 3.05) is 19.7 Å². The third-order valence-electron chi connectivity index (χ3n) is 7.09. The van der Waals surface area contributed by atoms with Crippen LogP contribution in [0.15, 0.2) is 0 Å². The molecule has 2 nitrogen and oxygen atoms in total. The van der Waals surface area contributed by atoms with Crippen LogP contribution in [0.2, 0.25) is 0 Å². The maximum absolute atomic E-state index is 14.8. The van der Waals surface area contributed by atoms with Crippen LogP contribution in [0.1, 0.15) is 104 Å². The standard InChI is InChI=1S/C23H43F4NO/c1-4-21(5-2,6-3)14-12-10-8-7-9-11-13-19-29-20(23(25,26)27)22(24)15-17-28-18-16-22/h20,28H,4-19H2,1-3H3. The van der Waals surface area contributed by atoms with Gasteiger partial charge in [0.1, 0.15) is 5.67 Å². The molecule has 1 unspecified atom stereocenters. The molecule has 6 heteroatoms. The molecule has 1 N–H and O–H groups in total. The smallest absolute Gasteiger partial charge is 0.365 e. The second kappa shape index (κ2) is 13.1. The van der Waals surface area contributed by atoms with Gasteiger partial charge in [0.25, 0.3) is 0 Å². The van der Waals surface area contributed by atoms with Crippen LogP contribution in [0.3, 0.4) is 0 Å². The van der Waals surface area contributed by atoms with E-state index in [1.165, 1.54) is 44.9 Å². The van der Waals surface area contributed by atoms with Gasteiger partial charge in [0.15, 0.2) is 6.10 Å². The van der Waals surface area contributed by atoms with Crippen LogP contribution in [0.4, 0.5) is 17.6 Å². The van der Waals surface area contributed by atoms with Gasteiger partial charge in [-0.25, -0.2) is 4.39 Å². The molecule has 0 saturated carbocycles. The molecule has 174 valence electrons. The summed E-state index contributed by atoms with van der Waals surface area (Å²) < 4.78 is 59.6. The molecular formula is C23H43F4NO. The zero-order valence-electron chi connectivity index (χ0n) is 18.8. The van der Waals surface area contributed by atoms with E-state index >= 15 is 0 Å². The summed E-state index contributed by atoms with van der Waals surface area (Å²) in [6, 6.07) is 0. The highest BCUT2D eigenvalue weighted by atomic mass is 19.4. The summed E-state index contributed by atoms with van der Waals surface area (Å²) >= 11 is 0. The Balaban J connectivity index is 2.16.